The number of benzene rings is 4. The van der Waals surface area contributed by atoms with E-state index in [0.29, 0.717) is 16.8 Å². The smallest absolute Gasteiger partial charge is 0.196 e. The maximum Gasteiger partial charge on any atom is 0.196 e. The van der Waals surface area contributed by atoms with Crippen LogP contribution in [0.3, 0.4) is 0 Å². The van der Waals surface area contributed by atoms with Gasteiger partial charge >= 0.3 is 0 Å². The number of hydrogen-bond acceptors (Lipinski definition) is 2. The Morgan fingerprint density at radius 1 is 0.613 bits per heavy atom. The van der Waals surface area contributed by atoms with Gasteiger partial charge in [-0.3, -0.25) is 4.79 Å². The third kappa shape index (κ3) is 2.78. The SMILES string of the molecule is O=C1c2ccccc2-c2nc(-c3ccc4ccccc4c3)cc(-c3ccc(F)cc3)c21. The number of carbonyl (C=O) groups is 1. The Morgan fingerprint density at radius 2 is 1.29 bits per heavy atom. The van der Waals surface area contributed by atoms with Crippen LogP contribution < -0.4 is 0 Å². The van der Waals surface area contributed by atoms with Gasteiger partial charge in [0.2, 0.25) is 0 Å². The Kier molecular flexibility index (Phi) is 3.84. The molecule has 0 fully saturated rings. The molecule has 1 aromatic heterocycles. The van der Waals surface area contributed by atoms with E-state index in [1.165, 1.54) is 12.1 Å². The lowest BCUT2D eigenvalue weighted by atomic mass is 9.95. The fourth-order valence-electron chi connectivity index (χ4n) is 4.35. The van der Waals surface area contributed by atoms with Gasteiger partial charge in [-0.25, -0.2) is 9.37 Å². The Morgan fingerprint density at radius 3 is 2.10 bits per heavy atom. The first kappa shape index (κ1) is 17.7. The average molecular weight is 401 g/mol. The zero-order valence-corrected chi connectivity index (χ0v) is 16.5. The van der Waals surface area contributed by atoms with E-state index in [2.05, 4.69) is 24.3 Å². The Balaban J connectivity index is 1.64. The highest BCUT2D eigenvalue weighted by molar-refractivity contribution is 6.24. The summed E-state index contributed by atoms with van der Waals surface area (Å²) in [7, 11) is 0. The summed E-state index contributed by atoms with van der Waals surface area (Å²) in [6.07, 6.45) is 0. The van der Waals surface area contributed by atoms with Crippen molar-refractivity contribution < 1.29 is 9.18 Å². The molecule has 3 heteroatoms. The molecule has 0 saturated carbocycles. The first-order valence-corrected chi connectivity index (χ1v) is 10.1. The van der Waals surface area contributed by atoms with Gasteiger partial charge in [0.1, 0.15) is 5.82 Å². The van der Waals surface area contributed by atoms with Gasteiger partial charge in [-0.2, -0.15) is 0 Å². The van der Waals surface area contributed by atoms with Gasteiger partial charge in [0, 0.05) is 16.7 Å². The molecule has 0 amide bonds. The monoisotopic (exact) mass is 401 g/mol. The Labute approximate surface area is 178 Å². The molecule has 0 atom stereocenters. The number of hydrogen-bond donors (Lipinski definition) is 0. The van der Waals surface area contributed by atoms with Crippen LogP contribution in [0.15, 0.2) is 97.1 Å². The lowest BCUT2D eigenvalue weighted by Gasteiger charge is -2.12. The van der Waals surface area contributed by atoms with E-state index in [0.717, 1.165) is 38.7 Å². The number of aromatic nitrogens is 1. The minimum atomic E-state index is -0.307. The maximum absolute atomic E-state index is 13.6. The van der Waals surface area contributed by atoms with Crippen LogP contribution in [0.1, 0.15) is 15.9 Å². The number of pyridine rings is 1. The molecule has 2 nitrogen and oxygen atoms in total. The predicted octanol–water partition coefficient (Wildman–Crippen LogP) is 6.92. The van der Waals surface area contributed by atoms with Crippen molar-refractivity contribution in [1.29, 1.82) is 0 Å². The van der Waals surface area contributed by atoms with Gasteiger partial charge < -0.3 is 0 Å². The molecule has 0 radical (unpaired) electrons. The quantitative estimate of drug-likeness (QED) is 0.315. The van der Waals surface area contributed by atoms with E-state index in [4.69, 9.17) is 4.98 Å². The van der Waals surface area contributed by atoms with Gasteiger partial charge in [0.05, 0.1) is 17.0 Å². The molecule has 0 spiro atoms. The molecule has 146 valence electrons. The fourth-order valence-corrected chi connectivity index (χ4v) is 4.35. The van der Waals surface area contributed by atoms with Crippen LogP contribution in [0.2, 0.25) is 0 Å². The average Bonchev–Trinajstić information content (AvgIpc) is 3.11. The van der Waals surface area contributed by atoms with Crippen molar-refractivity contribution in [2.75, 3.05) is 0 Å². The van der Waals surface area contributed by atoms with Crippen LogP contribution in [0, 0.1) is 5.82 Å². The molecule has 1 aliphatic carbocycles. The lowest BCUT2D eigenvalue weighted by Crippen LogP contribution is -2.00. The summed E-state index contributed by atoms with van der Waals surface area (Å²) in [5, 5.41) is 2.29. The van der Waals surface area contributed by atoms with Crippen molar-refractivity contribution in [2.45, 2.75) is 0 Å². The van der Waals surface area contributed by atoms with Crippen molar-refractivity contribution >= 4 is 16.6 Å². The number of fused-ring (bicyclic) bond motifs is 4. The first-order chi connectivity index (χ1) is 15.2. The van der Waals surface area contributed by atoms with Crippen LogP contribution >= 0.6 is 0 Å². The van der Waals surface area contributed by atoms with Crippen molar-refractivity contribution in [3.63, 3.8) is 0 Å². The van der Waals surface area contributed by atoms with Crippen LogP contribution in [0.25, 0.3) is 44.4 Å². The molecule has 31 heavy (non-hydrogen) atoms. The van der Waals surface area contributed by atoms with E-state index in [-0.39, 0.29) is 11.6 Å². The highest BCUT2D eigenvalue weighted by atomic mass is 19.1. The van der Waals surface area contributed by atoms with Crippen molar-refractivity contribution in [2.24, 2.45) is 0 Å². The van der Waals surface area contributed by atoms with Crippen molar-refractivity contribution in [3.8, 4) is 33.6 Å². The summed E-state index contributed by atoms with van der Waals surface area (Å²) in [4.78, 5) is 18.2. The van der Waals surface area contributed by atoms with Gasteiger partial charge in [0.15, 0.2) is 5.78 Å². The summed E-state index contributed by atoms with van der Waals surface area (Å²) >= 11 is 0. The normalized spacial score (nSPS) is 12.1. The number of carbonyl (C=O) groups excluding carboxylic acids is 1. The largest absolute Gasteiger partial charge is 0.288 e. The Bertz CT molecular complexity index is 1500. The van der Waals surface area contributed by atoms with E-state index < -0.39 is 0 Å². The standard InChI is InChI=1S/C28H16FNO/c29-21-13-11-18(12-14-21)24-16-25(20-10-9-17-5-1-2-6-19(17)15-20)30-27-22-7-3-4-8-23(22)28(31)26(24)27/h1-16H. The molecule has 0 unspecified atom stereocenters. The number of ketones is 1. The molecule has 0 N–H and O–H groups in total. The van der Waals surface area contributed by atoms with Crippen LogP contribution in [-0.4, -0.2) is 10.8 Å². The first-order valence-electron chi connectivity index (χ1n) is 10.1. The summed E-state index contributed by atoms with van der Waals surface area (Å²) < 4.78 is 13.6. The summed E-state index contributed by atoms with van der Waals surface area (Å²) in [6.45, 7) is 0. The molecule has 1 aliphatic rings. The van der Waals surface area contributed by atoms with Gasteiger partial charge in [-0.05, 0) is 46.2 Å². The topological polar surface area (TPSA) is 30.0 Å². The minimum Gasteiger partial charge on any atom is -0.288 e. The molecule has 4 aromatic carbocycles. The van der Waals surface area contributed by atoms with Gasteiger partial charge in [-0.15, -0.1) is 0 Å². The van der Waals surface area contributed by atoms with Crippen LogP contribution in [-0.2, 0) is 0 Å². The highest BCUT2D eigenvalue weighted by Gasteiger charge is 2.31. The molecule has 1 heterocycles. The van der Waals surface area contributed by atoms with Crippen LogP contribution in [0.5, 0.6) is 0 Å². The van der Waals surface area contributed by atoms with Gasteiger partial charge in [0.25, 0.3) is 0 Å². The second-order valence-corrected chi connectivity index (χ2v) is 7.72. The molecular weight excluding hydrogens is 385 g/mol. The summed E-state index contributed by atoms with van der Waals surface area (Å²) in [5.41, 5.74) is 6.09. The Hall–Kier alpha value is -4.11. The maximum atomic E-state index is 13.6. The third-order valence-corrected chi connectivity index (χ3v) is 5.87. The minimum absolute atomic E-state index is 0.0394. The number of rotatable bonds is 2. The number of nitrogens with zero attached hydrogens (tertiary/aromatic N) is 1. The second-order valence-electron chi connectivity index (χ2n) is 7.72. The predicted molar refractivity (Wildman–Crippen MR) is 121 cm³/mol. The molecule has 6 rings (SSSR count). The molecule has 0 saturated heterocycles. The van der Waals surface area contributed by atoms with Crippen molar-refractivity contribution in [3.05, 3.63) is 114 Å². The lowest BCUT2D eigenvalue weighted by molar-refractivity contribution is 0.104. The third-order valence-electron chi connectivity index (χ3n) is 5.87. The van der Waals surface area contributed by atoms with Gasteiger partial charge in [-0.1, -0.05) is 72.8 Å². The molecule has 5 aromatic rings. The summed E-state index contributed by atoms with van der Waals surface area (Å²) in [6, 6.07) is 30.2. The van der Waals surface area contributed by atoms with E-state index in [9.17, 15) is 9.18 Å². The zero-order valence-electron chi connectivity index (χ0n) is 16.5. The fraction of sp³-hybridized carbons (Fsp3) is 0. The molecule has 0 bridgehead atoms. The van der Waals surface area contributed by atoms with E-state index in [1.54, 1.807) is 12.1 Å². The number of halogens is 1. The van der Waals surface area contributed by atoms with E-state index in [1.807, 2.05) is 48.5 Å². The molecular formula is C28H16FNO. The van der Waals surface area contributed by atoms with E-state index >= 15 is 0 Å². The van der Waals surface area contributed by atoms with Crippen LogP contribution in [0.4, 0.5) is 4.39 Å². The highest BCUT2D eigenvalue weighted by Crippen LogP contribution is 2.42. The zero-order chi connectivity index (χ0) is 20.9. The summed E-state index contributed by atoms with van der Waals surface area (Å²) in [5.74, 6) is -0.346. The second kappa shape index (κ2) is 6.71. The van der Waals surface area contributed by atoms with Crippen molar-refractivity contribution in [1.82, 2.24) is 4.98 Å². The molecule has 0 aliphatic heterocycles.